The van der Waals surface area contributed by atoms with Gasteiger partial charge in [0.2, 0.25) is 0 Å². The van der Waals surface area contributed by atoms with Crippen molar-refractivity contribution in [2.45, 2.75) is 31.9 Å². The quantitative estimate of drug-likeness (QED) is 0.859. The lowest BCUT2D eigenvalue weighted by Gasteiger charge is -2.20. The molecule has 0 aliphatic carbocycles. The summed E-state index contributed by atoms with van der Waals surface area (Å²) in [5.41, 5.74) is -0.276. The van der Waals surface area contributed by atoms with Crippen LogP contribution in [-0.4, -0.2) is 11.7 Å². The molecular weight excluding hydrogens is 229 g/mol. The van der Waals surface area contributed by atoms with E-state index in [0.717, 1.165) is 0 Å². The van der Waals surface area contributed by atoms with E-state index in [9.17, 15) is 13.2 Å². The minimum atomic E-state index is -4.40. The zero-order valence-corrected chi connectivity index (χ0v) is 9.72. The highest BCUT2D eigenvalue weighted by molar-refractivity contribution is 5.40. The number of halogens is 3. The fourth-order valence-electron chi connectivity index (χ4n) is 1.88. The number of alkyl halides is 3. The summed E-state index contributed by atoms with van der Waals surface area (Å²) in [6.07, 6.45) is -3.37. The molecule has 0 saturated heterocycles. The molecule has 1 nitrogen and oxygen atoms in total. The smallest absolute Gasteiger partial charge is 0.396 e. The number of rotatable bonds is 4. The summed E-state index contributed by atoms with van der Waals surface area (Å²) in [5, 5.41) is 8.97. The van der Waals surface area contributed by atoms with E-state index < -0.39 is 24.3 Å². The Balaban J connectivity index is 3.34. The van der Waals surface area contributed by atoms with Crippen molar-refractivity contribution in [3.63, 3.8) is 0 Å². The maximum absolute atomic E-state index is 13.0. The molecule has 1 rings (SSSR count). The van der Waals surface area contributed by atoms with E-state index in [-0.39, 0.29) is 11.1 Å². The Hall–Kier alpha value is -1.03. The SMILES string of the molecule is [CH2]C(CO)c1cccc(CCC)c1C(F)(F)F. The summed E-state index contributed by atoms with van der Waals surface area (Å²) in [6.45, 7) is 5.00. The van der Waals surface area contributed by atoms with Crippen molar-refractivity contribution in [2.24, 2.45) is 0 Å². The molecule has 0 bridgehead atoms. The van der Waals surface area contributed by atoms with E-state index in [2.05, 4.69) is 6.92 Å². The molecular formula is C13H16F3O. The molecule has 1 aromatic carbocycles. The van der Waals surface area contributed by atoms with Gasteiger partial charge in [-0.25, -0.2) is 0 Å². The molecule has 0 amide bonds. The summed E-state index contributed by atoms with van der Waals surface area (Å²) < 4.78 is 39.1. The number of aliphatic hydroxyl groups excluding tert-OH is 1. The van der Waals surface area contributed by atoms with Gasteiger partial charge in [-0.3, -0.25) is 0 Å². The molecule has 1 atom stereocenters. The van der Waals surface area contributed by atoms with Crippen LogP contribution >= 0.6 is 0 Å². The minimum Gasteiger partial charge on any atom is -0.396 e. The Labute approximate surface area is 99.3 Å². The molecule has 1 N–H and O–H groups in total. The van der Waals surface area contributed by atoms with E-state index in [0.29, 0.717) is 12.8 Å². The number of hydrogen-bond acceptors (Lipinski definition) is 1. The fourth-order valence-corrected chi connectivity index (χ4v) is 1.88. The molecule has 1 aromatic rings. The van der Waals surface area contributed by atoms with Crippen molar-refractivity contribution in [1.82, 2.24) is 0 Å². The number of aryl methyl sites for hydroxylation is 1. The molecule has 0 aliphatic rings. The van der Waals surface area contributed by atoms with E-state index in [4.69, 9.17) is 5.11 Å². The van der Waals surface area contributed by atoms with Crippen LogP contribution in [0.5, 0.6) is 0 Å². The molecule has 1 unspecified atom stereocenters. The fraction of sp³-hybridized carbons (Fsp3) is 0.462. The number of hydrogen-bond donors (Lipinski definition) is 1. The summed E-state index contributed by atoms with van der Waals surface area (Å²) >= 11 is 0. The maximum Gasteiger partial charge on any atom is 0.416 e. The van der Waals surface area contributed by atoms with Gasteiger partial charge < -0.3 is 5.11 Å². The zero-order chi connectivity index (χ0) is 13.1. The second-order valence-corrected chi connectivity index (χ2v) is 4.01. The third-order valence-corrected chi connectivity index (χ3v) is 2.65. The molecule has 4 heteroatoms. The molecule has 0 fully saturated rings. The summed E-state index contributed by atoms with van der Waals surface area (Å²) in [4.78, 5) is 0. The van der Waals surface area contributed by atoms with Crippen LogP contribution in [0.3, 0.4) is 0 Å². The number of aliphatic hydroxyl groups is 1. The predicted octanol–water partition coefficient (Wildman–Crippen LogP) is 3.57. The van der Waals surface area contributed by atoms with Crippen molar-refractivity contribution in [2.75, 3.05) is 6.61 Å². The van der Waals surface area contributed by atoms with Crippen molar-refractivity contribution < 1.29 is 18.3 Å². The van der Waals surface area contributed by atoms with Crippen LogP contribution in [-0.2, 0) is 12.6 Å². The van der Waals surface area contributed by atoms with Gasteiger partial charge in [0.1, 0.15) is 0 Å². The van der Waals surface area contributed by atoms with Gasteiger partial charge in [-0.15, -0.1) is 0 Å². The lowest BCUT2D eigenvalue weighted by atomic mass is 9.90. The third kappa shape index (κ3) is 3.22. The van der Waals surface area contributed by atoms with E-state index in [1.54, 1.807) is 6.07 Å². The first-order valence-corrected chi connectivity index (χ1v) is 5.54. The first kappa shape index (κ1) is 14.0. The Morgan fingerprint density at radius 1 is 1.35 bits per heavy atom. The highest BCUT2D eigenvalue weighted by Crippen LogP contribution is 2.37. The Morgan fingerprint density at radius 2 is 2.00 bits per heavy atom. The van der Waals surface area contributed by atoms with Crippen LogP contribution in [0.1, 0.15) is 36.0 Å². The van der Waals surface area contributed by atoms with Crippen molar-refractivity contribution in [1.29, 1.82) is 0 Å². The molecule has 0 heterocycles. The van der Waals surface area contributed by atoms with Gasteiger partial charge >= 0.3 is 6.18 Å². The second-order valence-electron chi connectivity index (χ2n) is 4.01. The Morgan fingerprint density at radius 3 is 2.47 bits per heavy atom. The normalized spacial score (nSPS) is 13.8. The Kier molecular flexibility index (Phi) is 4.57. The molecule has 1 radical (unpaired) electrons. The van der Waals surface area contributed by atoms with Gasteiger partial charge in [-0.2, -0.15) is 13.2 Å². The van der Waals surface area contributed by atoms with Gasteiger partial charge in [0, 0.05) is 12.5 Å². The summed E-state index contributed by atoms with van der Waals surface area (Å²) in [6, 6.07) is 4.46. The third-order valence-electron chi connectivity index (χ3n) is 2.65. The van der Waals surface area contributed by atoms with E-state index in [1.807, 2.05) is 6.92 Å². The average Bonchev–Trinajstić information content (AvgIpc) is 2.26. The minimum absolute atomic E-state index is 0.0750. The van der Waals surface area contributed by atoms with Crippen LogP contribution in [0.15, 0.2) is 18.2 Å². The van der Waals surface area contributed by atoms with Gasteiger partial charge in [-0.05, 0) is 24.5 Å². The average molecular weight is 245 g/mol. The van der Waals surface area contributed by atoms with Gasteiger partial charge in [-0.1, -0.05) is 31.5 Å². The van der Waals surface area contributed by atoms with Crippen LogP contribution in [0.25, 0.3) is 0 Å². The standard InChI is InChI=1S/C13H16F3O/c1-3-5-10-6-4-7-11(9(2)8-17)12(10)13(14,15)16/h4,6-7,9,17H,2-3,5,8H2,1H3. The van der Waals surface area contributed by atoms with Crippen LogP contribution in [0, 0.1) is 6.92 Å². The van der Waals surface area contributed by atoms with Crippen molar-refractivity contribution in [3.05, 3.63) is 41.8 Å². The van der Waals surface area contributed by atoms with Gasteiger partial charge in [0.15, 0.2) is 0 Å². The van der Waals surface area contributed by atoms with Crippen molar-refractivity contribution >= 4 is 0 Å². The predicted molar refractivity (Wildman–Crippen MR) is 60.6 cm³/mol. The van der Waals surface area contributed by atoms with E-state index in [1.165, 1.54) is 12.1 Å². The molecule has 95 valence electrons. The monoisotopic (exact) mass is 245 g/mol. The largest absolute Gasteiger partial charge is 0.416 e. The van der Waals surface area contributed by atoms with Crippen molar-refractivity contribution in [3.8, 4) is 0 Å². The zero-order valence-electron chi connectivity index (χ0n) is 9.72. The highest BCUT2D eigenvalue weighted by atomic mass is 19.4. The maximum atomic E-state index is 13.0. The first-order valence-electron chi connectivity index (χ1n) is 5.54. The molecule has 0 spiro atoms. The van der Waals surface area contributed by atoms with E-state index >= 15 is 0 Å². The van der Waals surface area contributed by atoms with Gasteiger partial charge in [0.05, 0.1) is 5.56 Å². The highest BCUT2D eigenvalue weighted by Gasteiger charge is 2.36. The lowest BCUT2D eigenvalue weighted by molar-refractivity contribution is -0.139. The lowest BCUT2D eigenvalue weighted by Crippen LogP contribution is -2.16. The topological polar surface area (TPSA) is 20.2 Å². The molecule has 0 aliphatic heterocycles. The Bertz CT molecular complexity index is 371. The summed E-state index contributed by atoms with van der Waals surface area (Å²) in [5.74, 6) is -0.747. The van der Waals surface area contributed by atoms with Crippen LogP contribution < -0.4 is 0 Å². The van der Waals surface area contributed by atoms with Crippen LogP contribution in [0.2, 0.25) is 0 Å². The van der Waals surface area contributed by atoms with Gasteiger partial charge in [0.25, 0.3) is 0 Å². The first-order chi connectivity index (χ1) is 7.91. The van der Waals surface area contributed by atoms with Crippen LogP contribution in [0.4, 0.5) is 13.2 Å². The molecule has 0 saturated carbocycles. The number of benzene rings is 1. The molecule has 17 heavy (non-hydrogen) atoms. The second kappa shape index (κ2) is 5.54. The molecule has 0 aromatic heterocycles. The summed E-state index contributed by atoms with van der Waals surface area (Å²) in [7, 11) is 0.